The van der Waals surface area contributed by atoms with E-state index in [1.54, 1.807) is 0 Å². The number of hydrogen-bond acceptors (Lipinski definition) is 5. The van der Waals surface area contributed by atoms with Gasteiger partial charge in [-0.05, 0) is 51.4 Å². The van der Waals surface area contributed by atoms with Crippen molar-refractivity contribution in [2.75, 3.05) is 6.61 Å². The van der Waals surface area contributed by atoms with Crippen molar-refractivity contribution in [3.63, 3.8) is 0 Å². The van der Waals surface area contributed by atoms with Gasteiger partial charge in [0.1, 0.15) is 6.10 Å². The van der Waals surface area contributed by atoms with Crippen LogP contribution in [0.15, 0.2) is 24.3 Å². The van der Waals surface area contributed by atoms with Crippen LogP contribution in [0.5, 0.6) is 0 Å². The normalized spacial score (nSPS) is 13.3. The zero-order chi connectivity index (χ0) is 45.2. The average molecular weight is 874 g/mol. The minimum atomic E-state index is -0.791. The number of aliphatic hydroxyl groups is 2. The maximum Gasteiger partial charge on any atom is 0.306 e. The van der Waals surface area contributed by atoms with Gasteiger partial charge in [-0.2, -0.15) is 0 Å². The number of nitrogens with one attached hydrogen (secondary N) is 1. The summed E-state index contributed by atoms with van der Waals surface area (Å²) in [5.74, 6) is -0.484. The summed E-state index contributed by atoms with van der Waals surface area (Å²) < 4.78 is 5.94. The first kappa shape index (κ1) is 60.3. The van der Waals surface area contributed by atoms with E-state index in [9.17, 15) is 19.8 Å². The lowest BCUT2D eigenvalue weighted by molar-refractivity contribution is -0.151. The summed E-state index contributed by atoms with van der Waals surface area (Å²) >= 11 is 0. The van der Waals surface area contributed by atoms with Crippen molar-refractivity contribution in [2.45, 2.75) is 315 Å². The molecule has 0 aromatic rings. The molecule has 0 heterocycles. The molecule has 0 radical (unpaired) electrons. The van der Waals surface area contributed by atoms with E-state index >= 15 is 0 Å². The molecule has 6 heteroatoms. The Morgan fingerprint density at radius 1 is 0.468 bits per heavy atom. The second-order valence-corrected chi connectivity index (χ2v) is 19.0. The van der Waals surface area contributed by atoms with Gasteiger partial charge in [0.15, 0.2) is 0 Å². The van der Waals surface area contributed by atoms with Crippen LogP contribution in [-0.2, 0) is 14.3 Å². The van der Waals surface area contributed by atoms with Gasteiger partial charge in [0, 0.05) is 6.42 Å². The number of amides is 1. The summed E-state index contributed by atoms with van der Waals surface area (Å²) in [5, 5.41) is 23.8. The molecule has 1 amide bonds. The van der Waals surface area contributed by atoms with E-state index in [2.05, 4.69) is 50.4 Å². The molecular weight excluding hydrogens is 767 g/mol. The quantitative estimate of drug-likeness (QED) is 0.0321. The summed E-state index contributed by atoms with van der Waals surface area (Å²) in [6, 6.07) is -0.706. The van der Waals surface area contributed by atoms with Crippen molar-refractivity contribution in [1.29, 1.82) is 0 Å². The molecule has 0 fully saturated rings. The Morgan fingerprint density at radius 2 is 0.806 bits per heavy atom. The number of hydrogen-bond donors (Lipinski definition) is 3. The minimum Gasteiger partial charge on any atom is -0.462 e. The van der Waals surface area contributed by atoms with E-state index < -0.39 is 18.2 Å². The van der Waals surface area contributed by atoms with Gasteiger partial charge >= 0.3 is 5.97 Å². The molecule has 366 valence electrons. The van der Waals surface area contributed by atoms with E-state index in [1.165, 1.54) is 186 Å². The lowest BCUT2D eigenvalue weighted by Crippen LogP contribution is -2.46. The average Bonchev–Trinajstić information content (AvgIpc) is 3.26. The van der Waals surface area contributed by atoms with Gasteiger partial charge in [-0.15, -0.1) is 0 Å². The number of carbonyl (C=O) groups is 2. The van der Waals surface area contributed by atoms with Crippen LogP contribution < -0.4 is 5.32 Å². The molecule has 0 aromatic carbocycles. The Hall–Kier alpha value is -1.66. The zero-order valence-corrected chi connectivity index (χ0v) is 41.8. The van der Waals surface area contributed by atoms with E-state index in [-0.39, 0.29) is 24.9 Å². The molecule has 0 aliphatic carbocycles. The summed E-state index contributed by atoms with van der Waals surface area (Å²) in [6.07, 6.45) is 58.1. The predicted molar refractivity (Wildman–Crippen MR) is 269 cm³/mol. The molecule has 0 saturated carbocycles. The standard InChI is InChI=1S/C56H107NO5/c1-4-7-10-13-16-19-22-25-27-28-30-32-35-38-41-44-47-52(62-56(61)49-46-43-40-37-34-29-24-21-18-15-12-9-6-3)50-55(60)57-53(51-58)54(59)48-45-42-39-36-33-31-26-23-20-17-14-11-8-5-2/h27-28,30,32,52-54,58-59H,4-26,29,31,33-51H2,1-3H3,(H,57,60)/b28-27+,32-30+. The van der Waals surface area contributed by atoms with Gasteiger partial charge in [0.05, 0.1) is 25.2 Å². The van der Waals surface area contributed by atoms with Crippen molar-refractivity contribution in [2.24, 2.45) is 0 Å². The van der Waals surface area contributed by atoms with Crippen LogP contribution >= 0.6 is 0 Å². The van der Waals surface area contributed by atoms with Crippen molar-refractivity contribution < 1.29 is 24.5 Å². The third kappa shape index (κ3) is 44.9. The molecule has 0 saturated heterocycles. The highest BCUT2D eigenvalue weighted by molar-refractivity contribution is 5.77. The lowest BCUT2D eigenvalue weighted by atomic mass is 10.0. The number of unbranched alkanes of at least 4 members (excludes halogenated alkanes) is 35. The highest BCUT2D eigenvalue weighted by atomic mass is 16.5. The van der Waals surface area contributed by atoms with E-state index in [4.69, 9.17) is 4.74 Å². The largest absolute Gasteiger partial charge is 0.462 e. The van der Waals surface area contributed by atoms with Gasteiger partial charge in [0.2, 0.25) is 5.91 Å². The van der Waals surface area contributed by atoms with Crippen LogP contribution in [0.2, 0.25) is 0 Å². The first-order chi connectivity index (χ1) is 30.5. The highest BCUT2D eigenvalue weighted by Crippen LogP contribution is 2.18. The van der Waals surface area contributed by atoms with Gasteiger partial charge in [-0.25, -0.2) is 0 Å². The van der Waals surface area contributed by atoms with Gasteiger partial charge < -0.3 is 20.3 Å². The fraction of sp³-hybridized carbons (Fsp3) is 0.893. The Morgan fingerprint density at radius 3 is 1.21 bits per heavy atom. The SMILES string of the molecule is CCCCCCCCC/C=C/C=C/CCCCCC(CC(=O)NC(CO)C(O)CCCCCCCCCCCCCCCC)OC(=O)CCCCCCCCCCCCCCC. The van der Waals surface area contributed by atoms with Gasteiger partial charge in [-0.1, -0.05) is 257 Å². The number of allylic oxidation sites excluding steroid dienone is 4. The van der Waals surface area contributed by atoms with Crippen LogP contribution in [0.25, 0.3) is 0 Å². The Labute approximate surface area is 386 Å². The maximum atomic E-state index is 13.2. The van der Waals surface area contributed by atoms with Crippen molar-refractivity contribution >= 4 is 11.9 Å². The van der Waals surface area contributed by atoms with E-state index in [0.29, 0.717) is 19.3 Å². The minimum absolute atomic E-state index is 0.0653. The van der Waals surface area contributed by atoms with Crippen LogP contribution in [0, 0.1) is 0 Å². The van der Waals surface area contributed by atoms with Crippen LogP contribution in [0.3, 0.4) is 0 Å². The van der Waals surface area contributed by atoms with Crippen LogP contribution in [0.4, 0.5) is 0 Å². The smallest absolute Gasteiger partial charge is 0.306 e. The summed E-state index contributed by atoms with van der Waals surface area (Å²) in [5.41, 5.74) is 0. The van der Waals surface area contributed by atoms with Gasteiger partial charge in [0.25, 0.3) is 0 Å². The van der Waals surface area contributed by atoms with E-state index in [0.717, 1.165) is 64.2 Å². The molecular formula is C56H107NO5. The third-order valence-corrected chi connectivity index (χ3v) is 12.8. The van der Waals surface area contributed by atoms with Crippen molar-refractivity contribution in [3.8, 4) is 0 Å². The van der Waals surface area contributed by atoms with Crippen LogP contribution in [-0.4, -0.2) is 46.9 Å². The topological polar surface area (TPSA) is 95.9 Å². The number of aliphatic hydroxyl groups excluding tert-OH is 2. The number of esters is 1. The van der Waals surface area contributed by atoms with Crippen molar-refractivity contribution in [3.05, 3.63) is 24.3 Å². The predicted octanol–water partition coefficient (Wildman–Crippen LogP) is 16.7. The molecule has 0 spiro atoms. The van der Waals surface area contributed by atoms with Crippen LogP contribution in [0.1, 0.15) is 297 Å². The maximum absolute atomic E-state index is 13.2. The first-order valence-electron chi connectivity index (χ1n) is 27.6. The van der Waals surface area contributed by atoms with E-state index in [1.807, 2.05) is 0 Å². The zero-order valence-electron chi connectivity index (χ0n) is 41.8. The first-order valence-corrected chi connectivity index (χ1v) is 27.6. The lowest BCUT2D eigenvalue weighted by Gasteiger charge is -2.24. The molecule has 3 unspecified atom stereocenters. The number of carbonyl (C=O) groups excluding carboxylic acids is 2. The fourth-order valence-electron chi connectivity index (χ4n) is 8.60. The number of ether oxygens (including phenoxy) is 1. The number of rotatable bonds is 50. The van der Waals surface area contributed by atoms with Gasteiger partial charge in [-0.3, -0.25) is 9.59 Å². The monoisotopic (exact) mass is 874 g/mol. The second-order valence-electron chi connectivity index (χ2n) is 19.0. The fourth-order valence-corrected chi connectivity index (χ4v) is 8.60. The summed E-state index contributed by atoms with van der Waals surface area (Å²) in [6.45, 7) is 6.50. The molecule has 0 aliphatic heterocycles. The molecule has 62 heavy (non-hydrogen) atoms. The third-order valence-electron chi connectivity index (χ3n) is 12.8. The van der Waals surface area contributed by atoms with Crippen molar-refractivity contribution in [1.82, 2.24) is 5.32 Å². The Kier molecular flexibility index (Phi) is 49.0. The molecule has 0 rings (SSSR count). The molecule has 3 atom stereocenters. The molecule has 0 aliphatic rings. The molecule has 3 N–H and O–H groups in total. The summed E-state index contributed by atoms with van der Waals surface area (Å²) in [4.78, 5) is 26.2. The molecule has 6 nitrogen and oxygen atoms in total. The highest BCUT2D eigenvalue weighted by Gasteiger charge is 2.24. The Balaban J connectivity index is 4.59. The second kappa shape index (κ2) is 50.3. The Bertz CT molecular complexity index is 981. The summed E-state index contributed by atoms with van der Waals surface area (Å²) in [7, 11) is 0. The molecule has 0 bridgehead atoms. The molecule has 0 aromatic heterocycles.